The zero-order valence-electron chi connectivity index (χ0n) is 21.7. The van der Waals surface area contributed by atoms with E-state index in [2.05, 4.69) is 13.8 Å². The summed E-state index contributed by atoms with van der Waals surface area (Å²) in [6, 6.07) is 7.63. The summed E-state index contributed by atoms with van der Waals surface area (Å²) in [6.45, 7) is 9.83. The van der Waals surface area contributed by atoms with Gasteiger partial charge in [0.15, 0.2) is 13.2 Å². The number of aryl methyl sites for hydroxylation is 4. The first-order valence-corrected chi connectivity index (χ1v) is 13.4. The number of halogens is 2. The molecule has 1 aliphatic heterocycles. The van der Waals surface area contributed by atoms with Gasteiger partial charge in [0.2, 0.25) is 0 Å². The molecule has 0 spiro atoms. The average molecular weight is 536 g/mol. The number of rotatable bonds is 10. The molecule has 36 heavy (non-hydrogen) atoms. The van der Waals surface area contributed by atoms with Gasteiger partial charge in [-0.2, -0.15) is 0 Å². The van der Waals surface area contributed by atoms with E-state index in [0.717, 1.165) is 47.9 Å². The van der Waals surface area contributed by atoms with Crippen molar-refractivity contribution in [2.45, 2.75) is 53.4 Å². The van der Waals surface area contributed by atoms with Crippen molar-refractivity contribution in [3.05, 3.63) is 56.6 Å². The molecule has 1 heterocycles. The first-order chi connectivity index (χ1) is 17.2. The van der Waals surface area contributed by atoms with E-state index in [1.807, 2.05) is 38.1 Å². The SMILES string of the molecule is CCCc1cc(Cl)c(C)cc1OCC(=O)N1CCN(C(=O)COc2cc(C)c(Cl)cc2CCC)CC1. The van der Waals surface area contributed by atoms with E-state index in [4.69, 9.17) is 32.7 Å². The van der Waals surface area contributed by atoms with Crippen LogP contribution in [0.25, 0.3) is 0 Å². The first-order valence-electron chi connectivity index (χ1n) is 12.6. The maximum Gasteiger partial charge on any atom is 0.260 e. The van der Waals surface area contributed by atoms with Crippen LogP contribution in [0.4, 0.5) is 0 Å². The van der Waals surface area contributed by atoms with Gasteiger partial charge in [0.05, 0.1) is 0 Å². The van der Waals surface area contributed by atoms with Crippen LogP contribution in [0, 0.1) is 13.8 Å². The molecule has 0 saturated carbocycles. The summed E-state index contributed by atoms with van der Waals surface area (Å²) in [7, 11) is 0. The Hall–Kier alpha value is -2.44. The average Bonchev–Trinajstić information content (AvgIpc) is 2.86. The zero-order valence-corrected chi connectivity index (χ0v) is 23.2. The maximum absolute atomic E-state index is 12.8. The van der Waals surface area contributed by atoms with Crippen molar-refractivity contribution in [2.75, 3.05) is 39.4 Å². The smallest absolute Gasteiger partial charge is 0.260 e. The zero-order chi connectivity index (χ0) is 26.2. The van der Waals surface area contributed by atoms with Crippen molar-refractivity contribution in [3.63, 3.8) is 0 Å². The van der Waals surface area contributed by atoms with Crippen molar-refractivity contribution in [1.82, 2.24) is 9.80 Å². The van der Waals surface area contributed by atoms with Crippen LogP contribution < -0.4 is 9.47 Å². The molecule has 8 heteroatoms. The van der Waals surface area contributed by atoms with E-state index in [-0.39, 0.29) is 25.0 Å². The van der Waals surface area contributed by atoms with Crippen molar-refractivity contribution in [2.24, 2.45) is 0 Å². The normalized spacial score (nSPS) is 13.6. The van der Waals surface area contributed by atoms with Crippen LogP contribution in [0.2, 0.25) is 10.0 Å². The Morgan fingerprint density at radius 2 is 1.08 bits per heavy atom. The predicted octanol–water partition coefficient (Wildman–Crippen LogP) is 5.64. The highest BCUT2D eigenvalue weighted by Crippen LogP contribution is 2.29. The number of hydrogen-bond donors (Lipinski definition) is 0. The highest BCUT2D eigenvalue weighted by Gasteiger charge is 2.25. The molecule has 0 aliphatic carbocycles. The van der Waals surface area contributed by atoms with E-state index in [1.54, 1.807) is 9.80 Å². The Balaban J connectivity index is 1.50. The molecule has 1 fully saturated rings. The fraction of sp³-hybridized carbons (Fsp3) is 0.500. The van der Waals surface area contributed by atoms with Crippen molar-refractivity contribution in [3.8, 4) is 11.5 Å². The van der Waals surface area contributed by atoms with Crippen LogP contribution in [-0.2, 0) is 22.4 Å². The third-order valence-corrected chi connectivity index (χ3v) is 7.22. The van der Waals surface area contributed by atoms with Gasteiger partial charge in [0.1, 0.15) is 11.5 Å². The fourth-order valence-electron chi connectivity index (χ4n) is 4.26. The molecule has 0 aromatic heterocycles. The monoisotopic (exact) mass is 534 g/mol. The Morgan fingerprint density at radius 3 is 1.42 bits per heavy atom. The Labute approximate surface area is 224 Å². The summed E-state index contributed by atoms with van der Waals surface area (Å²) in [5.74, 6) is 1.24. The molecule has 196 valence electrons. The summed E-state index contributed by atoms with van der Waals surface area (Å²) in [5, 5.41) is 1.41. The predicted molar refractivity (Wildman–Crippen MR) is 145 cm³/mol. The summed E-state index contributed by atoms with van der Waals surface area (Å²) in [5.41, 5.74) is 3.86. The van der Waals surface area contributed by atoms with Crippen LogP contribution in [0.1, 0.15) is 48.9 Å². The number of amides is 2. The number of ether oxygens (including phenoxy) is 2. The Bertz CT molecular complexity index is 996. The van der Waals surface area contributed by atoms with Gasteiger partial charge in [-0.25, -0.2) is 0 Å². The summed E-state index contributed by atoms with van der Waals surface area (Å²) in [6.07, 6.45) is 3.59. The first kappa shape index (κ1) is 28.1. The molecular weight excluding hydrogens is 499 g/mol. The van der Waals surface area contributed by atoms with Crippen LogP contribution in [0.15, 0.2) is 24.3 Å². The molecule has 0 N–H and O–H groups in total. The molecule has 0 bridgehead atoms. The lowest BCUT2D eigenvalue weighted by molar-refractivity contribution is -0.141. The second-order valence-electron chi connectivity index (χ2n) is 9.26. The quantitative estimate of drug-likeness (QED) is 0.395. The minimum atomic E-state index is -0.0887. The molecule has 1 saturated heterocycles. The van der Waals surface area contributed by atoms with Crippen molar-refractivity contribution < 1.29 is 19.1 Å². The summed E-state index contributed by atoms with van der Waals surface area (Å²) >= 11 is 12.5. The number of carbonyl (C=O) groups is 2. The van der Waals surface area contributed by atoms with E-state index in [1.165, 1.54) is 0 Å². The van der Waals surface area contributed by atoms with E-state index < -0.39 is 0 Å². The standard InChI is InChI=1S/C28H36Cl2N2O4/c1-5-7-21-15-23(29)19(3)13-25(21)35-17-27(33)31-9-11-32(12-10-31)28(34)18-36-26-14-20(4)24(30)16-22(26)8-6-2/h13-16H,5-12,17-18H2,1-4H3. The van der Waals surface area contributed by atoms with Gasteiger partial charge < -0.3 is 19.3 Å². The van der Waals surface area contributed by atoms with Gasteiger partial charge in [-0.3, -0.25) is 9.59 Å². The molecule has 2 amide bonds. The molecule has 6 nitrogen and oxygen atoms in total. The van der Waals surface area contributed by atoms with Gasteiger partial charge in [0.25, 0.3) is 11.8 Å². The Kier molecular flexibility index (Phi) is 10.3. The fourth-order valence-corrected chi connectivity index (χ4v) is 4.63. The molecule has 2 aromatic carbocycles. The highest BCUT2D eigenvalue weighted by molar-refractivity contribution is 6.31. The molecule has 2 aromatic rings. The second kappa shape index (κ2) is 13.2. The minimum Gasteiger partial charge on any atom is -0.483 e. The van der Waals surface area contributed by atoms with E-state index in [0.29, 0.717) is 47.7 Å². The largest absolute Gasteiger partial charge is 0.483 e. The Morgan fingerprint density at radius 1 is 0.722 bits per heavy atom. The molecule has 0 atom stereocenters. The van der Waals surface area contributed by atoms with Crippen LogP contribution >= 0.6 is 23.2 Å². The third-order valence-electron chi connectivity index (χ3n) is 6.41. The number of nitrogens with zero attached hydrogens (tertiary/aromatic N) is 2. The lowest BCUT2D eigenvalue weighted by Crippen LogP contribution is -2.52. The lowest BCUT2D eigenvalue weighted by atomic mass is 10.1. The maximum atomic E-state index is 12.8. The highest BCUT2D eigenvalue weighted by atomic mass is 35.5. The summed E-state index contributed by atoms with van der Waals surface area (Å²) in [4.78, 5) is 29.0. The van der Waals surface area contributed by atoms with Crippen LogP contribution in [-0.4, -0.2) is 61.0 Å². The molecular formula is C28H36Cl2N2O4. The van der Waals surface area contributed by atoms with Gasteiger partial charge in [0, 0.05) is 36.2 Å². The van der Waals surface area contributed by atoms with Crippen molar-refractivity contribution in [1.29, 1.82) is 0 Å². The van der Waals surface area contributed by atoms with Crippen LogP contribution in [0.5, 0.6) is 11.5 Å². The van der Waals surface area contributed by atoms with E-state index in [9.17, 15) is 9.59 Å². The van der Waals surface area contributed by atoms with E-state index >= 15 is 0 Å². The van der Waals surface area contributed by atoms with Crippen LogP contribution in [0.3, 0.4) is 0 Å². The van der Waals surface area contributed by atoms with Gasteiger partial charge in [-0.1, -0.05) is 49.9 Å². The number of hydrogen-bond acceptors (Lipinski definition) is 4. The summed E-state index contributed by atoms with van der Waals surface area (Å²) < 4.78 is 11.8. The van der Waals surface area contributed by atoms with Gasteiger partial charge in [-0.15, -0.1) is 0 Å². The molecule has 0 radical (unpaired) electrons. The lowest BCUT2D eigenvalue weighted by Gasteiger charge is -2.34. The molecule has 0 unspecified atom stereocenters. The van der Waals surface area contributed by atoms with Gasteiger partial charge in [-0.05, 0) is 73.2 Å². The number of carbonyl (C=O) groups excluding carboxylic acids is 2. The van der Waals surface area contributed by atoms with Crippen molar-refractivity contribution >= 4 is 35.0 Å². The number of benzene rings is 2. The molecule has 3 rings (SSSR count). The third kappa shape index (κ3) is 7.30. The molecule has 1 aliphatic rings. The second-order valence-corrected chi connectivity index (χ2v) is 10.1. The minimum absolute atomic E-state index is 0.0367. The number of piperazine rings is 1. The topological polar surface area (TPSA) is 59.1 Å². The van der Waals surface area contributed by atoms with Gasteiger partial charge >= 0.3 is 0 Å².